The van der Waals surface area contributed by atoms with Crippen LogP contribution >= 0.6 is 12.4 Å². The smallest absolute Gasteiger partial charge is 0.260 e. The van der Waals surface area contributed by atoms with Gasteiger partial charge >= 0.3 is 0 Å². The zero-order valence-electron chi connectivity index (χ0n) is 12.9. The fourth-order valence-corrected chi connectivity index (χ4v) is 1.50. The highest BCUT2D eigenvalue weighted by molar-refractivity contribution is 5.85. The van der Waals surface area contributed by atoms with Crippen LogP contribution in [0, 0.1) is 0 Å². The van der Waals surface area contributed by atoms with Crippen molar-refractivity contribution in [2.75, 3.05) is 26.8 Å². The molecule has 120 valence electrons. The molecule has 5 nitrogen and oxygen atoms in total. The number of rotatable bonds is 8. The third-order valence-corrected chi connectivity index (χ3v) is 3.05. The third kappa shape index (κ3) is 6.69. The number of nitrogens with zero attached hydrogens (tertiary/aromatic N) is 1. The van der Waals surface area contributed by atoms with Gasteiger partial charge in [-0.05, 0) is 37.6 Å². The maximum atomic E-state index is 11.8. The van der Waals surface area contributed by atoms with Gasteiger partial charge in [0.25, 0.3) is 5.91 Å². The third-order valence-electron chi connectivity index (χ3n) is 3.05. The van der Waals surface area contributed by atoms with Crippen molar-refractivity contribution >= 4 is 18.3 Å². The van der Waals surface area contributed by atoms with Gasteiger partial charge in [-0.25, -0.2) is 0 Å². The lowest BCUT2D eigenvalue weighted by Crippen LogP contribution is -2.42. The van der Waals surface area contributed by atoms with E-state index in [1.807, 2.05) is 19.1 Å². The molecule has 0 fully saturated rings. The molecule has 6 heteroatoms. The summed E-state index contributed by atoms with van der Waals surface area (Å²) in [6, 6.07) is 7.27. The molecule has 0 spiro atoms. The highest BCUT2D eigenvalue weighted by Crippen LogP contribution is 2.17. The van der Waals surface area contributed by atoms with E-state index in [4.69, 9.17) is 15.2 Å². The van der Waals surface area contributed by atoms with Gasteiger partial charge in [-0.15, -0.1) is 12.4 Å². The highest BCUT2D eigenvalue weighted by atomic mass is 35.5. The van der Waals surface area contributed by atoms with Crippen LogP contribution in [0.3, 0.4) is 0 Å². The summed E-state index contributed by atoms with van der Waals surface area (Å²) < 4.78 is 10.9. The van der Waals surface area contributed by atoms with Gasteiger partial charge < -0.3 is 20.1 Å². The molecule has 1 unspecified atom stereocenters. The van der Waals surface area contributed by atoms with Crippen LogP contribution in [0.5, 0.6) is 11.5 Å². The molecule has 0 bridgehead atoms. The Kier molecular flexibility index (Phi) is 9.58. The number of hydrogen-bond acceptors (Lipinski definition) is 4. The molecule has 0 aliphatic rings. The first-order valence-corrected chi connectivity index (χ1v) is 6.89. The molecule has 0 radical (unpaired) electrons. The topological polar surface area (TPSA) is 64.8 Å². The van der Waals surface area contributed by atoms with Crippen LogP contribution in [-0.2, 0) is 4.79 Å². The van der Waals surface area contributed by atoms with Gasteiger partial charge in [-0.1, -0.05) is 6.92 Å². The molecule has 1 rings (SSSR count). The minimum atomic E-state index is -0.0886. The van der Waals surface area contributed by atoms with Crippen molar-refractivity contribution in [3.63, 3.8) is 0 Å². The zero-order valence-corrected chi connectivity index (χ0v) is 13.7. The lowest BCUT2D eigenvalue weighted by molar-refractivity contribution is -0.133. The predicted octanol–water partition coefficient (Wildman–Crippen LogP) is 2.08. The number of halogens is 1. The molecule has 1 amide bonds. The van der Waals surface area contributed by atoms with Crippen LogP contribution < -0.4 is 15.2 Å². The molecule has 2 N–H and O–H groups in total. The van der Waals surface area contributed by atoms with Crippen LogP contribution in [0.2, 0.25) is 0 Å². The monoisotopic (exact) mass is 316 g/mol. The van der Waals surface area contributed by atoms with Gasteiger partial charge in [-0.3, -0.25) is 4.79 Å². The Bertz CT molecular complexity index is 412. The predicted molar refractivity (Wildman–Crippen MR) is 86.3 cm³/mol. The van der Waals surface area contributed by atoms with E-state index in [-0.39, 0.29) is 31.0 Å². The second-order valence-corrected chi connectivity index (χ2v) is 4.70. The van der Waals surface area contributed by atoms with Crippen LogP contribution in [0.4, 0.5) is 0 Å². The summed E-state index contributed by atoms with van der Waals surface area (Å²) in [7, 11) is 1.73. The van der Waals surface area contributed by atoms with Crippen LogP contribution in [-0.4, -0.2) is 43.7 Å². The summed E-state index contributed by atoms with van der Waals surface area (Å²) in [5.74, 6) is 1.37. The quantitative estimate of drug-likeness (QED) is 0.797. The molecular formula is C15H25ClN2O3. The van der Waals surface area contributed by atoms with E-state index in [0.717, 1.165) is 12.2 Å². The summed E-state index contributed by atoms with van der Waals surface area (Å²) in [5, 5.41) is 0. The van der Waals surface area contributed by atoms with E-state index in [1.165, 1.54) is 0 Å². The molecule has 1 aromatic rings. The second-order valence-electron chi connectivity index (χ2n) is 4.70. The van der Waals surface area contributed by atoms with Crippen molar-refractivity contribution in [3.8, 4) is 11.5 Å². The minimum absolute atomic E-state index is 0. The molecule has 0 saturated carbocycles. The van der Waals surface area contributed by atoms with Crippen molar-refractivity contribution in [3.05, 3.63) is 24.3 Å². The first-order valence-electron chi connectivity index (χ1n) is 6.89. The molecule has 21 heavy (non-hydrogen) atoms. The number of carbonyl (C=O) groups is 1. The number of nitrogens with two attached hydrogens (primary N) is 1. The van der Waals surface area contributed by atoms with E-state index in [0.29, 0.717) is 18.9 Å². The average Bonchev–Trinajstić information content (AvgIpc) is 2.49. The van der Waals surface area contributed by atoms with Gasteiger partial charge in [0.05, 0.1) is 6.61 Å². The maximum absolute atomic E-state index is 11.8. The van der Waals surface area contributed by atoms with Crippen LogP contribution in [0.15, 0.2) is 24.3 Å². The molecule has 0 aliphatic heterocycles. The van der Waals surface area contributed by atoms with Crippen LogP contribution in [0.25, 0.3) is 0 Å². The van der Waals surface area contributed by atoms with Crippen molar-refractivity contribution in [1.29, 1.82) is 0 Å². The number of hydrogen-bond donors (Lipinski definition) is 1. The maximum Gasteiger partial charge on any atom is 0.260 e. The molecule has 0 heterocycles. The molecule has 1 atom stereocenters. The van der Waals surface area contributed by atoms with Crippen molar-refractivity contribution in [2.24, 2.45) is 5.73 Å². The Balaban J connectivity index is 0.00000400. The Labute approximate surface area is 132 Å². The van der Waals surface area contributed by atoms with Crippen molar-refractivity contribution in [1.82, 2.24) is 4.90 Å². The summed E-state index contributed by atoms with van der Waals surface area (Å²) in [6.45, 7) is 5.10. The lowest BCUT2D eigenvalue weighted by Gasteiger charge is -2.23. The van der Waals surface area contributed by atoms with Crippen LogP contribution in [0.1, 0.15) is 20.3 Å². The normalized spacial score (nSPS) is 11.2. The standard InChI is InChI=1S/C15H24N2O3.ClH/c1-4-9-19-13-5-7-14(8-6-13)20-11-15(18)17(3)12(2)10-16;/h5-8,12H,4,9-11,16H2,1-3H3;1H. The second kappa shape index (κ2) is 10.3. The molecule has 0 saturated heterocycles. The Morgan fingerprint density at radius 3 is 2.24 bits per heavy atom. The van der Waals surface area contributed by atoms with Crippen molar-refractivity contribution < 1.29 is 14.3 Å². The van der Waals surface area contributed by atoms with E-state index in [9.17, 15) is 4.79 Å². The first-order chi connectivity index (χ1) is 9.58. The summed E-state index contributed by atoms with van der Waals surface area (Å²) in [6.07, 6.45) is 0.971. The summed E-state index contributed by atoms with van der Waals surface area (Å²) in [5.41, 5.74) is 5.53. The van der Waals surface area contributed by atoms with Crippen molar-refractivity contribution in [2.45, 2.75) is 26.3 Å². The van der Waals surface area contributed by atoms with Gasteiger partial charge in [-0.2, -0.15) is 0 Å². The zero-order chi connectivity index (χ0) is 15.0. The van der Waals surface area contributed by atoms with E-state index < -0.39 is 0 Å². The van der Waals surface area contributed by atoms with E-state index in [1.54, 1.807) is 24.1 Å². The summed E-state index contributed by atoms with van der Waals surface area (Å²) >= 11 is 0. The highest BCUT2D eigenvalue weighted by Gasteiger charge is 2.14. The average molecular weight is 317 g/mol. The first kappa shape index (κ1) is 19.5. The minimum Gasteiger partial charge on any atom is -0.494 e. The Morgan fingerprint density at radius 1 is 1.24 bits per heavy atom. The molecule has 1 aromatic carbocycles. The van der Waals surface area contributed by atoms with Gasteiger partial charge in [0, 0.05) is 19.6 Å². The van der Waals surface area contributed by atoms with E-state index >= 15 is 0 Å². The Morgan fingerprint density at radius 2 is 1.76 bits per heavy atom. The van der Waals surface area contributed by atoms with Gasteiger partial charge in [0.15, 0.2) is 6.61 Å². The molecule has 0 aromatic heterocycles. The van der Waals surface area contributed by atoms with Gasteiger partial charge in [0.1, 0.15) is 11.5 Å². The van der Waals surface area contributed by atoms with Gasteiger partial charge in [0.2, 0.25) is 0 Å². The number of carbonyl (C=O) groups excluding carboxylic acids is 1. The lowest BCUT2D eigenvalue weighted by atomic mass is 10.3. The molecule has 0 aliphatic carbocycles. The number of benzene rings is 1. The number of likely N-dealkylation sites (N-methyl/N-ethyl adjacent to an activating group) is 1. The fourth-order valence-electron chi connectivity index (χ4n) is 1.50. The number of amides is 1. The Hall–Kier alpha value is -1.46. The number of ether oxygens (including phenoxy) is 2. The largest absolute Gasteiger partial charge is 0.494 e. The SMILES string of the molecule is CCCOc1ccc(OCC(=O)N(C)C(C)CN)cc1.Cl. The fraction of sp³-hybridized carbons (Fsp3) is 0.533. The van der Waals surface area contributed by atoms with E-state index in [2.05, 4.69) is 6.92 Å². The summed E-state index contributed by atoms with van der Waals surface area (Å²) in [4.78, 5) is 13.4. The molecular weight excluding hydrogens is 292 g/mol.